The molecule has 0 saturated carbocycles. The molecule has 1 aliphatic rings. The Morgan fingerprint density at radius 3 is 2.89 bits per heavy atom. The van der Waals surface area contributed by atoms with Crippen molar-refractivity contribution >= 4 is 11.8 Å². The van der Waals surface area contributed by atoms with Crippen molar-refractivity contribution in [3.63, 3.8) is 0 Å². The van der Waals surface area contributed by atoms with Gasteiger partial charge in [-0.1, -0.05) is 29.8 Å². The summed E-state index contributed by atoms with van der Waals surface area (Å²) in [6, 6.07) is 14.2. The molecule has 6 heteroatoms. The standard InChI is InChI=1S/C21H23N5O/c1-16-3-2-4-18(13-16)19-7-11-25(15-19)21(27)23-20-8-12-26(24-20)14-17-5-9-22-10-6-17/h2-6,8-10,12-13,19H,7,11,14-15H2,1H3,(H,23,24,27). The Kier molecular flexibility index (Phi) is 4.87. The van der Waals surface area contributed by atoms with Crippen LogP contribution in [0.5, 0.6) is 0 Å². The van der Waals surface area contributed by atoms with Gasteiger partial charge in [-0.2, -0.15) is 5.10 Å². The molecule has 1 aromatic carbocycles. The SMILES string of the molecule is Cc1cccc(C2CCN(C(=O)Nc3ccn(Cc4ccncc4)n3)C2)c1. The first kappa shape index (κ1) is 17.3. The van der Waals surface area contributed by atoms with Crippen molar-refractivity contribution in [1.29, 1.82) is 0 Å². The fourth-order valence-corrected chi connectivity index (χ4v) is 3.52. The van der Waals surface area contributed by atoms with Crippen LogP contribution in [-0.2, 0) is 6.54 Å². The Hall–Kier alpha value is -3.15. The van der Waals surface area contributed by atoms with Crippen LogP contribution >= 0.6 is 0 Å². The molecular formula is C21H23N5O. The Bertz CT molecular complexity index is 921. The molecule has 1 fully saturated rings. The molecule has 138 valence electrons. The van der Waals surface area contributed by atoms with Crippen molar-refractivity contribution in [1.82, 2.24) is 19.7 Å². The Morgan fingerprint density at radius 1 is 1.22 bits per heavy atom. The van der Waals surface area contributed by atoms with E-state index in [-0.39, 0.29) is 6.03 Å². The Morgan fingerprint density at radius 2 is 2.07 bits per heavy atom. The zero-order valence-electron chi connectivity index (χ0n) is 15.4. The van der Waals surface area contributed by atoms with Crippen molar-refractivity contribution in [3.05, 3.63) is 77.7 Å². The Labute approximate surface area is 158 Å². The molecule has 0 radical (unpaired) electrons. The van der Waals surface area contributed by atoms with Crippen LogP contribution in [0.15, 0.2) is 61.1 Å². The highest BCUT2D eigenvalue weighted by Gasteiger charge is 2.27. The molecule has 1 N–H and O–H groups in total. The van der Waals surface area contributed by atoms with E-state index in [2.05, 4.69) is 46.6 Å². The summed E-state index contributed by atoms with van der Waals surface area (Å²) >= 11 is 0. The van der Waals surface area contributed by atoms with Crippen LogP contribution in [0, 0.1) is 6.92 Å². The van der Waals surface area contributed by atoms with Crippen molar-refractivity contribution in [3.8, 4) is 0 Å². The largest absolute Gasteiger partial charge is 0.324 e. The molecule has 2 aromatic heterocycles. The lowest BCUT2D eigenvalue weighted by atomic mass is 9.97. The zero-order chi connectivity index (χ0) is 18.6. The van der Waals surface area contributed by atoms with Gasteiger partial charge in [0.2, 0.25) is 0 Å². The maximum atomic E-state index is 12.6. The van der Waals surface area contributed by atoms with Gasteiger partial charge in [-0.3, -0.25) is 15.0 Å². The Balaban J connectivity index is 1.34. The summed E-state index contributed by atoms with van der Waals surface area (Å²) in [6.07, 6.45) is 6.39. The smallest absolute Gasteiger partial charge is 0.323 e. The van der Waals surface area contributed by atoms with E-state index in [1.165, 1.54) is 11.1 Å². The van der Waals surface area contributed by atoms with Gasteiger partial charge in [-0.05, 0) is 36.6 Å². The van der Waals surface area contributed by atoms with Crippen molar-refractivity contribution < 1.29 is 4.79 Å². The number of rotatable bonds is 4. The molecule has 4 rings (SSSR count). The fourth-order valence-electron chi connectivity index (χ4n) is 3.52. The van der Waals surface area contributed by atoms with E-state index in [1.54, 1.807) is 12.4 Å². The molecule has 0 spiro atoms. The first-order chi connectivity index (χ1) is 13.2. The van der Waals surface area contributed by atoms with Gasteiger partial charge in [0.05, 0.1) is 6.54 Å². The number of hydrogen-bond acceptors (Lipinski definition) is 3. The quantitative estimate of drug-likeness (QED) is 0.771. The fraction of sp³-hybridized carbons (Fsp3) is 0.286. The third kappa shape index (κ3) is 4.16. The summed E-state index contributed by atoms with van der Waals surface area (Å²) in [6.45, 7) is 4.26. The highest BCUT2D eigenvalue weighted by atomic mass is 16.2. The predicted molar refractivity (Wildman–Crippen MR) is 105 cm³/mol. The van der Waals surface area contributed by atoms with Crippen LogP contribution in [0.4, 0.5) is 10.6 Å². The van der Waals surface area contributed by atoms with Crippen molar-refractivity contribution in [2.45, 2.75) is 25.8 Å². The number of aromatic nitrogens is 3. The second kappa shape index (κ2) is 7.61. The van der Waals surface area contributed by atoms with Crippen LogP contribution in [0.1, 0.15) is 29.0 Å². The van der Waals surface area contributed by atoms with Gasteiger partial charge in [0.25, 0.3) is 0 Å². The van der Waals surface area contributed by atoms with Crippen molar-refractivity contribution in [2.75, 3.05) is 18.4 Å². The average Bonchev–Trinajstić information content (AvgIpc) is 3.32. The third-order valence-corrected chi connectivity index (χ3v) is 4.96. The molecule has 27 heavy (non-hydrogen) atoms. The third-order valence-electron chi connectivity index (χ3n) is 4.96. The number of pyridine rings is 1. The molecule has 0 bridgehead atoms. The van der Waals surface area contributed by atoms with E-state index in [0.29, 0.717) is 18.3 Å². The van der Waals surface area contributed by atoms with Crippen LogP contribution in [-0.4, -0.2) is 38.8 Å². The molecule has 3 aromatic rings. The molecule has 6 nitrogen and oxygen atoms in total. The summed E-state index contributed by atoms with van der Waals surface area (Å²) in [4.78, 5) is 18.5. The molecule has 1 aliphatic heterocycles. The first-order valence-corrected chi connectivity index (χ1v) is 9.22. The lowest BCUT2D eigenvalue weighted by molar-refractivity contribution is 0.222. The molecule has 1 unspecified atom stereocenters. The molecule has 1 atom stereocenters. The summed E-state index contributed by atoms with van der Waals surface area (Å²) in [5.41, 5.74) is 3.69. The molecule has 2 amide bonds. The van der Waals surface area contributed by atoms with Gasteiger partial charge >= 0.3 is 6.03 Å². The first-order valence-electron chi connectivity index (χ1n) is 9.22. The average molecular weight is 361 g/mol. The van der Waals surface area contributed by atoms with E-state index in [0.717, 1.165) is 25.1 Å². The topological polar surface area (TPSA) is 63.1 Å². The van der Waals surface area contributed by atoms with Crippen LogP contribution < -0.4 is 5.32 Å². The van der Waals surface area contributed by atoms with E-state index in [4.69, 9.17) is 0 Å². The lowest BCUT2D eigenvalue weighted by Gasteiger charge is -2.17. The summed E-state index contributed by atoms with van der Waals surface area (Å²) in [5.74, 6) is 0.980. The van der Waals surface area contributed by atoms with Gasteiger partial charge < -0.3 is 4.90 Å². The molecule has 0 aliphatic carbocycles. The predicted octanol–water partition coefficient (Wildman–Crippen LogP) is 3.66. The van der Waals surface area contributed by atoms with Gasteiger partial charge in [0, 0.05) is 43.7 Å². The van der Waals surface area contributed by atoms with Gasteiger partial charge in [0.1, 0.15) is 0 Å². The number of benzene rings is 1. The van der Waals surface area contributed by atoms with Gasteiger partial charge in [0.15, 0.2) is 5.82 Å². The second-order valence-corrected chi connectivity index (χ2v) is 7.03. The summed E-state index contributed by atoms with van der Waals surface area (Å²) < 4.78 is 1.81. The second-order valence-electron chi connectivity index (χ2n) is 7.03. The van der Waals surface area contributed by atoms with Crippen LogP contribution in [0.25, 0.3) is 0 Å². The number of carbonyl (C=O) groups excluding carboxylic acids is 1. The highest BCUT2D eigenvalue weighted by molar-refractivity contribution is 5.88. The van der Waals surface area contributed by atoms with Crippen LogP contribution in [0.2, 0.25) is 0 Å². The monoisotopic (exact) mass is 361 g/mol. The number of amides is 2. The summed E-state index contributed by atoms with van der Waals surface area (Å²) in [5, 5.41) is 7.36. The van der Waals surface area contributed by atoms with E-state index in [9.17, 15) is 4.79 Å². The maximum absolute atomic E-state index is 12.6. The minimum absolute atomic E-state index is 0.0840. The van der Waals surface area contributed by atoms with Gasteiger partial charge in [-0.25, -0.2) is 4.79 Å². The normalized spacial score (nSPS) is 16.5. The number of nitrogens with zero attached hydrogens (tertiary/aromatic N) is 4. The van der Waals surface area contributed by atoms with E-state index < -0.39 is 0 Å². The molecular weight excluding hydrogens is 338 g/mol. The zero-order valence-corrected chi connectivity index (χ0v) is 15.4. The van der Waals surface area contributed by atoms with Crippen molar-refractivity contribution in [2.24, 2.45) is 0 Å². The number of likely N-dealkylation sites (tertiary alicyclic amines) is 1. The number of hydrogen-bond donors (Lipinski definition) is 1. The molecule has 1 saturated heterocycles. The minimum Gasteiger partial charge on any atom is -0.324 e. The maximum Gasteiger partial charge on any atom is 0.323 e. The number of anilines is 1. The number of nitrogens with one attached hydrogen (secondary N) is 1. The number of carbonyl (C=O) groups is 1. The summed E-state index contributed by atoms with van der Waals surface area (Å²) in [7, 11) is 0. The highest BCUT2D eigenvalue weighted by Crippen LogP contribution is 2.28. The number of aryl methyl sites for hydroxylation is 1. The molecule has 3 heterocycles. The van der Waals surface area contributed by atoms with Crippen LogP contribution in [0.3, 0.4) is 0 Å². The van der Waals surface area contributed by atoms with E-state index in [1.807, 2.05) is 34.0 Å². The van der Waals surface area contributed by atoms with E-state index >= 15 is 0 Å². The lowest BCUT2D eigenvalue weighted by Crippen LogP contribution is -2.33. The number of urea groups is 1. The van der Waals surface area contributed by atoms with Gasteiger partial charge in [-0.15, -0.1) is 0 Å². The minimum atomic E-state index is -0.0840.